The van der Waals surface area contributed by atoms with Gasteiger partial charge in [0.05, 0.1) is 0 Å². The zero-order chi connectivity index (χ0) is 13.0. The summed E-state index contributed by atoms with van der Waals surface area (Å²) in [6.07, 6.45) is 1.28. The summed E-state index contributed by atoms with van der Waals surface area (Å²) in [6.45, 7) is 7.87. The summed E-state index contributed by atoms with van der Waals surface area (Å²) in [7, 11) is 2.00. The van der Waals surface area contributed by atoms with Crippen molar-refractivity contribution in [1.29, 1.82) is 0 Å². The lowest BCUT2D eigenvalue weighted by Crippen LogP contribution is -2.38. The molecule has 1 aromatic carbocycles. The van der Waals surface area contributed by atoms with Gasteiger partial charge in [0.2, 0.25) is 0 Å². The highest BCUT2D eigenvalue weighted by Crippen LogP contribution is 2.28. The highest BCUT2D eigenvalue weighted by molar-refractivity contribution is 8.00. The summed E-state index contributed by atoms with van der Waals surface area (Å²) in [5.41, 5.74) is 4.20. The Kier molecular flexibility index (Phi) is 4.95. The van der Waals surface area contributed by atoms with Crippen LogP contribution in [0.15, 0.2) is 18.2 Å². The van der Waals surface area contributed by atoms with Crippen LogP contribution >= 0.6 is 11.8 Å². The number of rotatable bonds is 4. The van der Waals surface area contributed by atoms with E-state index in [0.717, 1.165) is 11.8 Å². The summed E-state index contributed by atoms with van der Waals surface area (Å²) in [6, 6.07) is 6.86. The number of anilines is 1. The van der Waals surface area contributed by atoms with E-state index in [-0.39, 0.29) is 0 Å². The maximum atomic E-state index is 3.21. The highest BCUT2D eigenvalue weighted by Gasteiger charge is 2.20. The van der Waals surface area contributed by atoms with Gasteiger partial charge in [0, 0.05) is 36.3 Å². The van der Waals surface area contributed by atoms with E-state index < -0.39 is 0 Å². The number of hydrogen-bond acceptors (Lipinski definition) is 3. The van der Waals surface area contributed by atoms with Crippen LogP contribution in [-0.4, -0.2) is 31.1 Å². The molecule has 1 atom stereocenters. The molecule has 0 aromatic heterocycles. The Morgan fingerprint density at radius 2 is 2.28 bits per heavy atom. The van der Waals surface area contributed by atoms with E-state index in [2.05, 4.69) is 54.0 Å². The second kappa shape index (κ2) is 6.48. The van der Waals surface area contributed by atoms with Crippen LogP contribution in [0, 0.1) is 6.92 Å². The molecule has 1 unspecified atom stereocenters. The molecule has 0 amide bonds. The fourth-order valence-electron chi connectivity index (χ4n) is 2.57. The van der Waals surface area contributed by atoms with Gasteiger partial charge in [0.1, 0.15) is 0 Å². The quantitative estimate of drug-likeness (QED) is 0.900. The molecule has 2 rings (SSSR count). The molecule has 1 saturated heterocycles. The molecule has 0 spiro atoms. The van der Waals surface area contributed by atoms with Crippen molar-refractivity contribution in [3.05, 3.63) is 29.3 Å². The van der Waals surface area contributed by atoms with Gasteiger partial charge in [0.25, 0.3) is 0 Å². The van der Waals surface area contributed by atoms with Crippen LogP contribution in [-0.2, 0) is 6.54 Å². The lowest BCUT2D eigenvalue weighted by atomic mass is 10.1. The van der Waals surface area contributed by atoms with Crippen LogP contribution in [0.4, 0.5) is 5.69 Å². The van der Waals surface area contributed by atoms with E-state index in [1.165, 1.54) is 42.1 Å². The summed E-state index contributed by atoms with van der Waals surface area (Å²) < 4.78 is 0. The Labute approximate surface area is 115 Å². The smallest absolute Gasteiger partial charge is 0.0396 e. The predicted octanol–water partition coefficient (Wildman–Crippen LogP) is 3.05. The Bertz CT molecular complexity index is 392. The van der Waals surface area contributed by atoms with Crippen molar-refractivity contribution in [3.63, 3.8) is 0 Å². The minimum Gasteiger partial charge on any atom is -0.369 e. The van der Waals surface area contributed by atoms with Gasteiger partial charge in [-0.15, -0.1) is 0 Å². The first-order chi connectivity index (χ1) is 8.74. The molecule has 1 N–H and O–H groups in total. The Balaban J connectivity index is 2.12. The van der Waals surface area contributed by atoms with Crippen molar-refractivity contribution in [2.75, 3.05) is 30.8 Å². The maximum absolute atomic E-state index is 3.21. The third-order valence-corrected chi connectivity index (χ3v) is 4.95. The molecule has 0 radical (unpaired) electrons. The molecule has 1 aliphatic heterocycles. The van der Waals surface area contributed by atoms with Crippen LogP contribution in [0.3, 0.4) is 0 Å². The van der Waals surface area contributed by atoms with Crippen LogP contribution in [0.1, 0.15) is 24.5 Å². The first-order valence-electron chi connectivity index (χ1n) is 6.85. The predicted molar refractivity (Wildman–Crippen MR) is 82.7 cm³/mol. The van der Waals surface area contributed by atoms with Gasteiger partial charge in [-0.25, -0.2) is 0 Å². The molecule has 3 heteroatoms. The largest absolute Gasteiger partial charge is 0.369 e. The molecule has 1 aromatic rings. The second-order valence-corrected chi connectivity index (χ2v) is 6.41. The number of thioether (sulfide) groups is 1. The van der Waals surface area contributed by atoms with Crippen molar-refractivity contribution in [2.45, 2.75) is 32.1 Å². The lowest BCUT2D eigenvalue weighted by Gasteiger charge is -2.34. The van der Waals surface area contributed by atoms with Gasteiger partial charge in [-0.3, -0.25) is 0 Å². The van der Waals surface area contributed by atoms with E-state index in [4.69, 9.17) is 0 Å². The van der Waals surface area contributed by atoms with Crippen LogP contribution < -0.4 is 10.2 Å². The summed E-state index contributed by atoms with van der Waals surface area (Å²) in [5, 5.41) is 4.01. The zero-order valence-electron chi connectivity index (χ0n) is 11.7. The molecule has 0 bridgehead atoms. The number of nitrogens with zero attached hydrogens (tertiary/aromatic N) is 1. The van der Waals surface area contributed by atoms with Crippen molar-refractivity contribution in [1.82, 2.24) is 5.32 Å². The molecule has 1 fully saturated rings. The molecule has 1 aliphatic rings. The minimum absolute atomic E-state index is 0.801. The summed E-state index contributed by atoms with van der Waals surface area (Å²) in [4.78, 5) is 2.56. The Morgan fingerprint density at radius 3 is 2.94 bits per heavy atom. The van der Waals surface area contributed by atoms with Crippen molar-refractivity contribution < 1.29 is 0 Å². The molecule has 0 aliphatic carbocycles. The fourth-order valence-corrected chi connectivity index (χ4v) is 3.75. The highest BCUT2D eigenvalue weighted by atomic mass is 32.2. The maximum Gasteiger partial charge on any atom is 0.0396 e. The van der Waals surface area contributed by atoms with Gasteiger partial charge in [-0.1, -0.05) is 19.1 Å². The third-order valence-electron chi connectivity index (χ3n) is 3.58. The molecule has 1 heterocycles. The van der Waals surface area contributed by atoms with Crippen molar-refractivity contribution in [3.8, 4) is 0 Å². The average Bonchev–Trinajstić information content (AvgIpc) is 2.39. The second-order valence-electron chi connectivity index (χ2n) is 5.00. The Morgan fingerprint density at radius 1 is 1.44 bits per heavy atom. The first-order valence-corrected chi connectivity index (χ1v) is 7.90. The normalized spacial score (nSPS) is 20.2. The van der Waals surface area contributed by atoms with Crippen molar-refractivity contribution >= 4 is 17.4 Å². The van der Waals surface area contributed by atoms with Gasteiger partial charge in [0.15, 0.2) is 0 Å². The van der Waals surface area contributed by atoms with Crippen molar-refractivity contribution in [2.24, 2.45) is 0 Å². The van der Waals surface area contributed by atoms with Gasteiger partial charge in [-0.2, -0.15) is 11.8 Å². The fraction of sp³-hybridized carbons (Fsp3) is 0.600. The van der Waals surface area contributed by atoms with E-state index in [1.54, 1.807) is 0 Å². The number of aryl methyl sites for hydroxylation is 1. The van der Waals surface area contributed by atoms with E-state index in [1.807, 2.05) is 7.05 Å². The van der Waals surface area contributed by atoms with Crippen LogP contribution in [0.25, 0.3) is 0 Å². The Hall–Kier alpha value is -0.670. The molecule has 0 saturated carbocycles. The minimum atomic E-state index is 0.801. The third kappa shape index (κ3) is 3.21. The molecular weight excluding hydrogens is 240 g/mol. The van der Waals surface area contributed by atoms with Crippen LogP contribution in [0.5, 0.6) is 0 Å². The van der Waals surface area contributed by atoms with E-state index in [0.29, 0.717) is 0 Å². The van der Waals surface area contributed by atoms with Gasteiger partial charge in [-0.05, 0) is 37.6 Å². The summed E-state index contributed by atoms with van der Waals surface area (Å²) in [5.74, 6) is 1.26. The number of nitrogens with one attached hydrogen (secondary N) is 1. The zero-order valence-corrected chi connectivity index (χ0v) is 12.5. The summed E-state index contributed by atoms with van der Waals surface area (Å²) >= 11 is 2.13. The van der Waals surface area contributed by atoms with Crippen LogP contribution in [0.2, 0.25) is 0 Å². The van der Waals surface area contributed by atoms with E-state index in [9.17, 15) is 0 Å². The number of benzene rings is 1. The first kappa shape index (κ1) is 13.8. The average molecular weight is 264 g/mol. The SMILES string of the molecule is CCC1CN(c2ccc(CNC)cc2C)CCS1. The standard InChI is InChI=1S/C15H24N2S/c1-4-14-11-17(7-8-18-14)15-6-5-13(10-16-3)9-12(15)2/h5-6,9,14,16H,4,7-8,10-11H2,1-3H3. The molecular formula is C15H24N2S. The van der Waals surface area contributed by atoms with Gasteiger partial charge < -0.3 is 10.2 Å². The molecule has 2 nitrogen and oxygen atoms in total. The van der Waals surface area contributed by atoms with E-state index >= 15 is 0 Å². The lowest BCUT2D eigenvalue weighted by molar-refractivity contribution is 0.726. The number of hydrogen-bond donors (Lipinski definition) is 1. The topological polar surface area (TPSA) is 15.3 Å². The molecule has 100 valence electrons. The molecule has 18 heavy (non-hydrogen) atoms. The monoisotopic (exact) mass is 264 g/mol. The van der Waals surface area contributed by atoms with Gasteiger partial charge >= 0.3 is 0 Å².